The van der Waals surface area contributed by atoms with Crippen LogP contribution in [0.15, 0.2) is 18.2 Å². The van der Waals surface area contributed by atoms with Gasteiger partial charge in [-0.15, -0.1) is 0 Å². The molecule has 0 radical (unpaired) electrons. The zero-order valence-corrected chi connectivity index (χ0v) is 11.1. The van der Waals surface area contributed by atoms with Crippen LogP contribution in [0.5, 0.6) is 5.75 Å². The van der Waals surface area contributed by atoms with E-state index in [1.54, 1.807) is 0 Å². The van der Waals surface area contributed by atoms with Crippen molar-refractivity contribution in [1.29, 1.82) is 0 Å². The fraction of sp³-hybridized carbons (Fsp3) is 0.571. The van der Waals surface area contributed by atoms with Gasteiger partial charge < -0.3 is 15.8 Å². The molecule has 1 aromatic rings. The number of benzene rings is 1. The highest BCUT2D eigenvalue weighted by Crippen LogP contribution is 2.46. The molecule has 0 bridgehead atoms. The molecule has 1 aliphatic carbocycles. The predicted molar refractivity (Wildman–Crippen MR) is 72.4 cm³/mol. The quantitative estimate of drug-likeness (QED) is 0.786. The highest BCUT2D eigenvalue weighted by molar-refractivity contribution is 5.60. The van der Waals surface area contributed by atoms with Crippen LogP contribution < -0.4 is 15.8 Å². The lowest BCUT2D eigenvalue weighted by Crippen LogP contribution is -2.10. The number of anilines is 2. The Morgan fingerprint density at radius 2 is 2.00 bits per heavy atom. The van der Waals surface area contributed by atoms with Crippen molar-refractivity contribution in [3.63, 3.8) is 0 Å². The molecule has 3 N–H and O–H groups in total. The molecule has 2 rings (SSSR count). The number of hydrogen-bond acceptors (Lipinski definition) is 3. The molecule has 94 valence electrons. The molecule has 0 aliphatic heterocycles. The SMILES string of the molecule is CC(C)Oc1cc(N)cc(NC2CC2(C)C)c1. The molecule has 3 heteroatoms. The van der Waals surface area contributed by atoms with Crippen molar-refractivity contribution in [3.8, 4) is 5.75 Å². The largest absolute Gasteiger partial charge is 0.491 e. The van der Waals surface area contributed by atoms with Crippen LogP contribution in [0.25, 0.3) is 0 Å². The van der Waals surface area contributed by atoms with E-state index in [-0.39, 0.29) is 6.10 Å². The van der Waals surface area contributed by atoms with E-state index in [1.807, 2.05) is 32.0 Å². The third-order valence-corrected chi connectivity index (χ3v) is 3.15. The Bertz CT molecular complexity index is 413. The predicted octanol–water partition coefficient (Wildman–Crippen LogP) is 3.27. The van der Waals surface area contributed by atoms with Crippen LogP contribution >= 0.6 is 0 Å². The van der Waals surface area contributed by atoms with Gasteiger partial charge in [-0.3, -0.25) is 0 Å². The summed E-state index contributed by atoms with van der Waals surface area (Å²) < 4.78 is 5.67. The molecule has 1 aromatic carbocycles. The maximum Gasteiger partial charge on any atom is 0.123 e. The monoisotopic (exact) mass is 234 g/mol. The summed E-state index contributed by atoms with van der Waals surface area (Å²) in [4.78, 5) is 0. The molecule has 17 heavy (non-hydrogen) atoms. The molecule has 0 aromatic heterocycles. The number of hydrogen-bond donors (Lipinski definition) is 2. The van der Waals surface area contributed by atoms with Crippen LogP contribution in [0.3, 0.4) is 0 Å². The van der Waals surface area contributed by atoms with Gasteiger partial charge in [0.05, 0.1) is 6.10 Å². The van der Waals surface area contributed by atoms with Gasteiger partial charge in [-0.05, 0) is 31.7 Å². The first-order chi connectivity index (χ1) is 7.87. The topological polar surface area (TPSA) is 47.3 Å². The van der Waals surface area contributed by atoms with Gasteiger partial charge >= 0.3 is 0 Å². The van der Waals surface area contributed by atoms with Crippen molar-refractivity contribution >= 4 is 11.4 Å². The fourth-order valence-electron chi connectivity index (χ4n) is 1.96. The lowest BCUT2D eigenvalue weighted by atomic mass is 10.2. The average Bonchev–Trinajstić information content (AvgIpc) is 2.70. The van der Waals surface area contributed by atoms with Crippen LogP contribution in [0.2, 0.25) is 0 Å². The molecule has 0 saturated heterocycles. The number of nitrogen functional groups attached to an aromatic ring is 1. The van der Waals surface area contributed by atoms with E-state index in [0.717, 1.165) is 17.1 Å². The smallest absolute Gasteiger partial charge is 0.123 e. The molecule has 3 nitrogen and oxygen atoms in total. The van der Waals surface area contributed by atoms with E-state index in [4.69, 9.17) is 10.5 Å². The summed E-state index contributed by atoms with van der Waals surface area (Å²) in [5, 5.41) is 3.50. The molecule has 0 heterocycles. The van der Waals surface area contributed by atoms with Gasteiger partial charge in [0.25, 0.3) is 0 Å². The summed E-state index contributed by atoms with van der Waals surface area (Å²) >= 11 is 0. The van der Waals surface area contributed by atoms with Crippen LogP contribution in [0, 0.1) is 5.41 Å². The summed E-state index contributed by atoms with van der Waals surface area (Å²) in [6.07, 6.45) is 1.38. The maximum absolute atomic E-state index is 5.88. The highest BCUT2D eigenvalue weighted by Gasteiger charge is 2.45. The number of rotatable bonds is 4. The van der Waals surface area contributed by atoms with Crippen LogP contribution in [0.1, 0.15) is 34.1 Å². The summed E-state index contributed by atoms with van der Waals surface area (Å²) in [5.41, 5.74) is 8.08. The van der Waals surface area contributed by atoms with Gasteiger partial charge in [0.2, 0.25) is 0 Å². The molecule has 1 saturated carbocycles. The van der Waals surface area contributed by atoms with Crippen molar-refractivity contribution in [2.24, 2.45) is 5.41 Å². The van der Waals surface area contributed by atoms with Gasteiger partial charge in [-0.1, -0.05) is 13.8 Å². The Morgan fingerprint density at radius 1 is 1.35 bits per heavy atom. The van der Waals surface area contributed by atoms with Crippen molar-refractivity contribution in [1.82, 2.24) is 0 Å². The van der Waals surface area contributed by atoms with Crippen molar-refractivity contribution in [2.45, 2.75) is 46.3 Å². The Morgan fingerprint density at radius 3 is 2.53 bits per heavy atom. The summed E-state index contributed by atoms with van der Waals surface area (Å²) in [5.74, 6) is 0.834. The number of ether oxygens (including phenoxy) is 1. The van der Waals surface area contributed by atoms with E-state index in [9.17, 15) is 0 Å². The lowest BCUT2D eigenvalue weighted by molar-refractivity contribution is 0.242. The second-order valence-corrected chi connectivity index (χ2v) is 5.85. The van der Waals surface area contributed by atoms with Crippen molar-refractivity contribution in [3.05, 3.63) is 18.2 Å². The summed E-state index contributed by atoms with van der Waals surface area (Å²) in [7, 11) is 0. The van der Waals surface area contributed by atoms with Gasteiger partial charge in [-0.25, -0.2) is 0 Å². The molecule has 1 aliphatic rings. The van der Waals surface area contributed by atoms with E-state index in [1.165, 1.54) is 6.42 Å². The maximum atomic E-state index is 5.88. The Balaban J connectivity index is 2.09. The zero-order valence-electron chi connectivity index (χ0n) is 11.1. The first-order valence-electron chi connectivity index (χ1n) is 6.20. The van der Waals surface area contributed by atoms with Crippen molar-refractivity contribution in [2.75, 3.05) is 11.1 Å². The second kappa shape index (κ2) is 4.13. The van der Waals surface area contributed by atoms with E-state index >= 15 is 0 Å². The second-order valence-electron chi connectivity index (χ2n) is 5.85. The molecule has 1 atom stereocenters. The summed E-state index contributed by atoms with van der Waals surface area (Å²) in [6.45, 7) is 8.56. The molecular weight excluding hydrogens is 212 g/mol. The highest BCUT2D eigenvalue weighted by atomic mass is 16.5. The van der Waals surface area contributed by atoms with Crippen LogP contribution in [0.4, 0.5) is 11.4 Å². The first kappa shape index (κ1) is 12.1. The van der Waals surface area contributed by atoms with Gasteiger partial charge in [0.15, 0.2) is 0 Å². The standard InChI is InChI=1S/C14H22N2O/c1-9(2)17-12-6-10(15)5-11(7-12)16-13-8-14(13,3)4/h5-7,9,13,16H,8,15H2,1-4H3. The lowest BCUT2D eigenvalue weighted by Gasteiger charge is -2.14. The van der Waals surface area contributed by atoms with E-state index < -0.39 is 0 Å². The normalized spacial score (nSPS) is 21.4. The molecule has 0 amide bonds. The summed E-state index contributed by atoms with van der Waals surface area (Å²) in [6, 6.07) is 6.39. The third kappa shape index (κ3) is 3.05. The first-order valence-corrected chi connectivity index (χ1v) is 6.20. The van der Waals surface area contributed by atoms with Gasteiger partial charge in [0.1, 0.15) is 5.75 Å². The Kier molecular flexibility index (Phi) is 2.94. The number of nitrogens with one attached hydrogen (secondary N) is 1. The van der Waals surface area contributed by atoms with E-state index in [0.29, 0.717) is 11.5 Å². The molecule has 0 spiro atoms. The molecule has 1 unspecified atom stereocenters. The van der Waals surface area contributed by atoms with Crippen molar-refractivity contribution < 1.29 is 4.74 Å². The minimum atomic E-state index is 0.169. The number of nitrogens with two attached hydrogens (primary N) is 1. The average molecular weight is 234 g/mol. The third-order valence-electron chi connectivity index (χ3n) is 3.15. The molecule has 1 fully saturated rings. The molecular formula is C14H22N2O. The van der Waals surface area contributed by atoms with Gasteiger partial charge in [0, 0.05) is 29.5 Å². The Labute approximate surface area is 103 Å². The van der Waals surface area contributed by atoms with Gasteiger partial charge in [-0.2, -0.15) is 0 Å². The Hall–Kier alpha value is -1.38. The zero-order chi connectivity index (χ0) is 12.6. The van der Waals surface area contributed by atoms with Crippen LogP contribution in [-0.2, 0) is 0 Å². The van der Waals surface area contributed by atoms with Crippen LogP contribution in [-0.4, -0.2) is 12.1 Å². The fourth-order valence-corrected chi connectivity index (χ4v) is 1.96. The van der Waals surface area contributed by atoms with E-state index in [2.05, 4.69) is 19.2 Å². The minimum Gasteiger partial charge on any atom is -0.491 e. The minimum absolute atomic E-state index is 0.169.